The van der Waals surface area contributed by atoms with Crippen LogP contribution < -0.4 is 10.6 Å². The number of imidazole rings is 1. The average molecular weight is 545 g/mol. The van der Waals surface area contributed by atoms with Crippen molar-refractivity contribution in [2.75, 3.05) is 25.5 Å². The van der Waals surface area contributed by atoms with Crippen molar-refractivity contribution in [3.05, 3.63) is 48.4 Å². The molecule has 5 rings (SSSR count). The number of nitrogens with zero attached hydrogens (tertiary/aromatic N) is 6. The fourth-order valence-electron chi connectivity index (χ4n) is 4.89. The van der Waals surface area contributed by atoms with Gasteiger partial charge in [0.25, 0.3) is 5.91 Å². The molecule has 0 radical (unpaired) electrons. The molecule has 1 fully saturated rings. The third-order valence-electron chi connectivity index (χ3n) is 6.91. The number of amides is 1. The van der Waals surface area contributed by atoms with Crippen molar-refractivity contribution in [1.82, 2.24) is 34.5 Å². The number of carbonyl (C=O) groups excluding carboxylic acids is 1. The number of benzene rings is 1. The van der Waals surface area contributed by atoms with Crippen LogP contribution in [0.3, 0.4) is 0 Å². The predicted molar refractivity (Wildman–Crippen MR) is 139 cm³/mol. The Hall–Kier alpha value is -3.87. The van der Waals surface area contributed by atoms with Gasteiger partial charge in [-0.3, -0.25) is 4.79 Å². The van der Waals surface area contributed by atoms with Crippen molar-refractivity contribution >= 4 is 22.5 Å². The van der Waals surface area contributed by atoms with Gasteiger partial charge in [-0.25, -0.2) is 4.98 Å². The summed E-state index contributed by atoms with van der Waals surface area (Å²) in [5.74, 6) is -0.295. The Morgan fingerprint density at radius 1 is 1.23 bits per heavy atom. The summed E-state index contributed by atoms with van der Waals surface area (Å²) in [6.07, 6.45) is 0.459. The minimum absolute atomic E-state index is 0.0113. The Morgan fingerprint density at radius 3 is 2.72 bits per heavy atom. The number of halogens is 3. The van der Waals surface area contributed by atoms with E-state index in [1.54, 1.807) is 29.1 Å². The summed E-state index contributed by atoms with van der Waals surface area (Å²) in [6, 6.07) is 7.21. The van der Waals surface area contributed by atoms with Crippen LogP contribution in [0.5, 0.6) is 0 Å². The van der Waals surface area contributed by atoms with Crippen molar-refractivity contribution in [2.45, 2.75) is 58.0 Å². The van der Waals surface area contributed by atoms with Crippen LogP contribution in [0.15, 0.2) is 41.3 Å². The number of nitrogens with one attached hydrogen (secondary N) is 2. The zero-order chi connectivity index (χ0) is 27.7. The standard InChI is InChI=1S/C26H31F3N8O2/c1-16(2)37-15-30-12-22(37)25(38)31-13-23-33-24(34-39-23)21-11-18-19(32-17-7-9-35(3)10-8-17)5-4-6-20(18)36(21)14-26(27,28)29/h4-6,11-12,15-17,32H,7-10,13-14H2,1-3H3,(H,31,38). The van der Waals surface area contributed by atoms with E-state index in [2.05, 4.69) is 37.7 Å². The van der Waals surface area contributed by atoms with Gasteiger partial charge in [0.2, 0.25) is 11.7 Å². The maximum Gasteiger partial charge on any atom is 0.406 e. The number of likely N-dealkylation sites (tertiary alicyclic amines) is 1. The van der Waals surface area contributed by atoms with E-state index < -0.39 is 12.7 Å². The highest BCUT2D eigenvalue weighted by Gasteiger charge is 2.31. The van der Waals surface area contributed by atoms with Crippen LogP contribution in [0.1, 0.15) is 49.1 Å². The highest BCUT2D eigenvalue weighted by atomic mass is 19.4. The lowest BCUT2D eigenvalue weighted by Gasteiger charge is -2.30. The van der Waals surface area contributed by atoms with Gasteiger partial charge < -0.3 is 29.2 Å². The molecule has 1 saturated heterocycles. The highest BCUT2D eigenvalue weighted by Crippen LogP contribution is 2.34. The molecule has 4 aromatic rings. The quantitative estimate of drug-likeness (QED) is 0.337. The van der Waals surface area contributed by atoms with E-state index in [9.17, 15) is 18.0 Å². The van der Waals surface area contributed by atoms with Gasteiger partial charge >= 0.3 is 6.18 Å². The van der Waals surface area contributed by atoms with Gasteiger partial charge in [-0.05, 0) is 65.0 Å². The lowest BCUT2D eigenvalue weighted by Crippen LogP contribution is -2.36. The first-order chi connectivity index (χ1) is 18.6. The molecule has 1 aromatic carbocycles. The number of hydrogen-bond acceptors (Lipinski definition) is 7. The highest BCUT2D eigenvalue weighted by molar-refractivity contribution is 5.96. The molecule has 0 aliphatic carbocycles. The summed E-state index contributed by atoms with van der Waals surface area (Å²) >= 11 is 0. The van der Waals surface area contributed by atoms with Crippen LogP contribution in [-0.2, 0) is 13.1 Å². The van der Waals surface area contributed by atoms with Crippen LogP contribution in [0, 0.1) is 0 Å². The molecule has 10 nitrogen and oxygen atoms in total. The van der Waals surface area contributed by atoms with Gasteiger partial charge in [-0.2, -0.15) is 18.2 Å². The molecule has 0 unspecified atom stereocenters. The number of hydrogen-bond donors (Lipinski definition) is 2. The number of carbonyl (C=O) groups is 1. The molecule has 0 atom stereocenters. The van der Waals surface area contributed by atoms with Crippen LogP contribution >= 0.6 is 0 Å². The number of anilines is 1. The van der Waals surface area contributed by atoms with Crippen LogP contribution in [0.2, 0.25) is 0 Å². The van der Waals surface area contributed by atoms with Gasteiger partial charge in [-0.15, -0.1) is 0 Å². The minimum atomic E-state index is -4.46. The topological polar surface area (TPSA) is 106 Å². The van der Waals surface area contributed by atoms with Crippen molar-refractivity contribution in [2.24, 2.45) is 0 Å². The van der Waals surface area contributed by atoms with Crippen LogP contribution in [-0.4, -0.2) is 67.4 Å². The summed E-state index contributed by atoms with van der Waals surface area (Å²) in [5, 5.41) is 10.8. The third-order valence-corrected chi connectivity index (χ3v) is 6.91. The SMILES string of the molecule is CC(C)n1cncc1C(=O)NCc1nc(-c2cc3c(NC4CCN(C)CC4)cccc3n2CC(F)(F)F)no1. The van der Waals surface area contributed by atoms with Crippen molar-refractivity contribution in [1.29, 1.82) is 0 Å². The van der Waals surface area contributed by atoms with E-state index >= 15 is 0 Å². The molecular weight excluding hydrogens is 513 g/mol. The maximum atomic E-state index is 13.6. The zero-order valence-corrected chi connectivity index (χ0v) is 22.0. The molecule has 0 bridgehead atoms. The number of fused-ring (bicyclic) bond motifs is 1. The molecule has 13 heteroatoms. The normalized spacial score (nSPS) is 15.4. The van der Waals surface area contributed by atoms with Crippen molar-refractivity contribution < 1.29 is 22.5 Å². The number of aromatic nitrogens is 5. The molecule has 3 aromatic heterocycles. The second-order valence-electron chi connectivity index (χ2n) is 10.2. The largest absolute Gasteiger partial charge is 0.406 e. The smallest absolute Gasteiger partial charge is 0.382 e. The Labute approximate surface area is 223 Å². The first kappa shape index (κ1) is 26.7. The van der Waals surface area contributed by atoms with Crippen molar-refractivity contribution in [3.8, 4) is 11.5 Å². The monoisotopic (exact) mass is 544 g/mol. The van der Waals surface area contributed by atoms with Gasteiger partial charge in [0.15, 0.2) is 0 Å². The number of piperidine rings is 1. The zero-order valence-electron chi connectivity index (χ0n) is 22.0. The van der Waals surface area contributed by atoms with Crippen LogP contribution in [0.4, 0.5) is 18.9 Å². The van der Waals surface area contributed by atoms with Crippen LogP contribution in [0.25, 0.3) is 22.4 Å². The second-order valence-corrected chi connectivity index (χ2v) is 10.2. The fraction of sp³-hybridized carbons (Fsp3) is 0.462. The molecular formula is C26H31F3N8O2. The van der Waals surface area contributed by atoms with E-state index in [0.29, 0.717) is 16.6 Å². The molecule has 1 aliphatic heterocycles. The lowest BCUT2D eigenvalue weighted by molar-refractivity contribution is -0.139. The molecule has 0 saturated carbocycles. The Kier molecular flexibility index (Phi) is 7.34. The maximum absolute atomic E-state index is 13.6. The van der Waals surface area contributed by atoms with Gasteiger partial charge in [0.1, 0.15) is 12.2 Å². The molecule has 208 valence electrons. The Morgan fingerprint density at radius 2 is 2.00 bits per heavy atom. The molecule has 2 N–H and O–H groups in total. The van der Waals surface area contributed by atoms with Gasteiger partial charge in [0.05, 0.1) is 30.3 Å². The molecule has 0 spiro atoms. The van der Waals surface area contributed by atoms with E-state index in [1.165, 1.54) is 6.20 Å². The first-order valence-electron chi connectivity index (χ1n) is 12.9. The molecule has 4 heterocycles. The van der Waals surface area contributed by atoms with E-state index in [0.717, 1.165) is 36.2 Å². The average Bonchev–Trinajstić information content (AvgIpc) is 3.62. The Bertz CT molecular complexity index is 1450. The molecule has 39 heavy (non-hydrogen) atoms. The Balaban J connectivity index is 1.41. The van der Waals surface area contributed by atoms with E-state index in [4.69, 9.17) is 4.52 Å². The molecule has 1 aliphatic rings. The summed E-state index contributed by atoms with van der Waals surface area (Å²) in [4.78, 5) is 23.2. The van der Waals surface area contributed by atoms with Crippen molar-refractivity contribution in [3.63, 3.8) is 0 Å². The number of alkyl halides is 3. The predicted octanol–water partition coefficient (Wildman–Crippen LogP) is 4.47. The minimum Gasteiger partial charge on any atom is -0.382 e. The summed E-state index contributed by atoms with van der Waals surface area (Å²) in [5.41, 5.74) is 1.74. The van der Waals surface area contributed by atoms with E-state index in [-0.39, 0.29) is 41.9 Å². The molecule has 1 amide bonds. The summed E-state index contributed by atoms with van der Waals surface area (Å²) in [7, 11) is 2.08. The third kappa shape index (κ3) is 5.92. The fourth-order valence-corrected chi connectivity index (χ4v) is 4.89. The summed E-state index contributed by atoms with van der Waals surface area (Å²) < 4.78 is 49.1. The van der Waals surface area contributed by atoms with E-state index in [1.807, 2.05) is 19.9 Å². The first-order valence-corrected chi connectivity index (χ1v) is 12.9. The summed E-state index contributed by atoms with van der Waals surface area (Å²) in [6.45, 7) is 4.47. The second kappa shape index (κ2) is 10.7. The van der Waals surface area contributed by atoms with Gasteiger partial charge in [0, 0.05) is 23.2 Å². The van der Waals surface area contributed by atoms with Gasteiger partial charge in [-0.1, -0.05) is 11.2 Å². The lowest BCUT2D eigenvalue weighted by atomic mass is 10.0. The number of rotatable bonds is 8.